The van der Waals surface area contributed by atoms with Crippen LogP contribution in [0.5, 0.6) is 11.8 Å². The molecule has 6 heteroatoms. The largest absolute Gasteiger partial charge is 0.481 e. The van der Waals surface area contributed by atoms with Gasteiger partial charge in [0.2, 0.25) is 17.7 Å². The lowest BCUT2D eigenvalue weighted by Gasteiger charge is -2.12. The van der Waals surface area contributed by atoms with Crippen LogP contribution in [0.15, 0.2) is 6.07 Å². The van der Waals surface area contributed by atoms with E-state index in [1.807, 2.05) is 0 Å². The molecule has 1 atom stereocenters. The molecule has 1 aliphatic rings. The fourth-order valence-corrected chi connectivity index (χ4v) is 1.84. The summed E-state index contributed by atoms with van der Waals surface area (Å²) in [6.07, 6.45) is 2.42. The van der Waals surface area contributed by atoms with Crippen LogP contribution in [-0.2, 0) is 0 Å². The molecule has 0 aliphatic carbocycles. The van der Waals surface area contributed by atoms with Gasteiger partial charge in [-0.15, -0.1) is 0 Å². The Labute approximate surface area is 101 Å². The fourth-order valence-electron chi connectivity index (χ4n) is 1.84. The predicted octanol–water partition coefficient (Wildman–Crippen LogP) is 0.658. The van der Waals surface area contributed by atoms with Gasteiger partial charge in [-0.05, 0) is 19.4 Å². The minimum Gasteiger partial charge on any atom is -0.481 e. The summed E-state index contributed by atoms with van der Waals surface area (Å²) in [7, 11) is 3.15. The molecule has 17 heavy (non-hydrogen) atoms. The van der Waals surface area contributed by atoms with Crippen LogP contribution >= 0.6 is 0 Å². The van der Waals surface area contributed by atoms with Crippen molar-refractivity contribution in [3.05, 3.63) is 6.07 Å². The summed E-state index contributed by atoms with van der Waals surface area (Å²) in [6, 6.07) is 2.15. The monoisotopic (exact) mass is 238 g/mol. The van der Waals surface area contributed by atoms with Gasteiger partial charge in [-0.25, -0.2) is 0 Å². The second-order valence-electron chi connectivity index (χ2n) is 3.95. The lowest BCUT2D eigenvalue weighted by atomic mass is 10.2. The Morgan fingerprint density at radius 1 is 1.35 bits per heavy atom. The van der Waals surface area contributed by atoms with Crippen molar-refractivity contribution in [2.75, 3.05) is 32.6 Å². The molecule has 0 bridgehead atoms. The van der Waals surface area contributed by atoms with Crippen molar-refractivity contribution in [3.8, 4) is 11.8 Å². The third-order valence-corrected chi connectivity index (χ3v) is 2.77. The number of rotatable bonds is 5. The number of methoxy groups -OCH3 is 2. The molecule has 1 aromatic rings. The van der Waals surface area contributed by atoms with Gasteiger partial charge in [-0.1, -0.05) is 0 Å². The highest BCUT2D eigenvalue weighted by Gasteiger charge is 2.14. The first-order valence-electron chi connectivity index (χ1n) is 5.76. The third kappa shape index (κ3) is 3.20. The van der Waals surface area contributed by atoms with Gasteiger partial charge in [0.1, 0.15) is 0 Å². The average molecular weight is 238 g/mol. The first-order chi connectivity index (χ1) is 8.31. The van der Waals surface area contributed by atoms with E-state index in [-0.39, 0.29) is 0 Å². The summed E-state index contributed by atoms with van der Waals surface area (Å²) < 4.78 is 10.2. The normalized spacial score (nSPS) is 19.1. The molecular formula is C11H18N4O2. The van der Waals surface area contributed by atoms with Crippen LogP contribution in [0.1, 0.15) is 12.8 Å². The van der Waals surface area contributed by atoms with Crippen molar-refractivity contribution in [3.63, 3.8) is 0 Å². The number of aromatic nitrogens is 2. The molecule has 2 heterocycles. The number of nitrogens with zero attached hydrogens (tertiary/aromatic N) is 2. The Balaban J connectivity index is 1.98. The minimum atomic E-state index is 0.496. The summed E-state index contributed by atoms with van der Waals surface area (Å²) in [4.78, 5) is 8.42. The maximum Gasteiger partial charge on any atom is 0.229 e. The van der Waals surface area contributed by atoms with Crippen molar-refractivity contribution >= 4 is 5.95 Å². The van der Waals surface area contributed by atoms with Gasteiger partial charge >= 0.3 is 0 Å². The summed E-state index contributed by atoms with van der Waals surface area (Å²) in [6.45, 7) is 1.91. The molecule has 1 saturated heterocycles. The van der Waals surface area contributed by atoms with E-state index in [4.69, 9.17) is 9.47 Å². The summed E-state index contributed by atoms with van der Waals surface area (Å²) in [5.41, 5.74) is 0. The molecule has 2 N–H and O–H groups in total. The maximum atomic E-state index is 5.08. The molecule has 2 rings (SSSR count). The van der Waals surface area contributed by atoms with Gasteiger partial charge in [-0.3, -0.25) is 0 Å². The molecule has 1 fully saturated rings. The lowest BCUT2D eigenvalue weighted by molar-refractivity contribution is 0.372. The van der Waals surface area contributed by atoms with Crippen LogP contribution in [0.3, 0.4) is 0 Å². The van der Waals surface area contributed by atoms with Crippen LogP contribution in [0.2, 0.25) is 0 Å². The Hall–Kier alpha value is -1.56. The van der Waals surface area contributed by atoms with Crippen molar-refractivity contribution < 1.29 is 9.47 Å². The van der Waals surface area contributed by atoms with E-state index in [2.05, 4.69) is 20.6 Å². The van der Waals surface area contributed by atoms with E-state index in [0.717, 1.165) is 13.1 Å². The molecule has 0 saturated carbocycles. The number of nitrogens with one attached hydrogen (secondary N) is 2. The maximum absolute atomic E-state index is 5.08. The van der Waals surface area contributed by atoms with Crippen LogP contribution < -0.4 is 20.1 Å². The standard InChI is InChI=1S/C11H18N4O2/c1-16-9-6-10(17-2)15-11(14-9)13-7-8-4-3-5-12-8/h6,8,12H,3-5,7H2,1-2H3,(H,13,14,15). The molecule has 1 aromatic heterocycles. The Morgan fingerprint density at radius 2 is 2.06 bits per heavy atom. The molecule has 1 aliphatic heterocycles. The lowest BCUT2D eigenvalue weighted by Crippen LogP contribution is -2.29. The Bertz CT molecular complexity index is 344. The van der Waals surface area contributed by atoms with Crippen LogP contribution in [0.25, 0.3) is 0 Å². The second-order valence-corrected chi connectivity index (χ2v) is 3.95. The molecule has 0 spiro atoms. The van der Waals surface area contributed by atoms with Crippen molar-refractivity contribution in [2.24, 2.45) is 0 Å². The van der Waals surface area contributed by atoms with E-state index < -0.39 is 0 Å². The molecule has 94 valence electrons. The zero-order valence-electron chi connectivity index (χ0n) is 10.2. The van der Waals surface area contributed by atoms with Gasteiger partial charge in [0.05, 0.1) is 20.3 Å². The van der Waals surface area contributed by atoms with E-state index in [1.165, 1.54) is 12.8 Å². The van der Waals surface area contributed by atoms with Crippen molar-refractivity contribution in [1.82, 2.24) is 15.3 Å². The van der Waals surface area contributed by atoms with E-state index in [1.54, 1.807) is 20.3 Å². The van der Waals surface area contributed by atoms with E-state index in [0.29, 0.717) is 23.8 Å². The predicted molar refractivity (Wildman–Crippen MR) is 64.7 cm³/mol. The highest BCUT2D eigenvalue weighted by molar-refractivity contribution is 5.33. The Kier molecular flexibility index (Phi) is 3.98. The van der Waals surface area contributed by atoms with Gasteiger partial charge in [-0.2, -0.15) is 9.97 Å². The zero-order chi connectivity index (χ0) is 12.1. The highest BCUT2D eigenvalue weighted by Crippen LogP contribution is 2.17. The summed E-state index contributed by atoms with van der Waals surface area (Å²) in [5, 5.41) is 6.59. The quantitative estimate of drug-likeness (QED) is 0.785. The number of anilines is 1. The first kappa shape index (κ1) is 11.9. The summed E-state index contributed by atoms with van der Waals surface area (Å²) >= 11 is 0. The molecule has 0 radical (unpaired) electrons. The number of ether oxygens (including phenoxy) is 2. The van der Waals surface area contributed by atoms with Crippen LogP contribution in [0, 0.1) is 0 Å². The van der Waals surface area contributed by atoms with E-state index in [9.17, 15) is 0 Å². The van der Waals surface area contributed by atoms with Crippen LogP contribution in [-0.4, -0.2) is 43.3 Å². The minimum absolute atomic E-state index is 0.496. The third-order valence-electron chi connectivity index (χ3n) is 2.77. The van der Waals surface area contributed by atoms with Gasteiger partial charge < -0.3 is 20.1 Å². The molecular weight excluding hydrogens is 220 g/mol. The van der Waals surface area contributed by atoms with Crippen molar-refractivity contribution in [1.29, 1.82) is 0 Å². The van der Waals surface area contributed by atoms with Gasteiger partial charge in [0.25, 0.3) is 0 Å². The van der Waals surface area contributed by atoms with Gasteiger partial charge in [0, 0.05) is 12.6 Å². The topological polar surface area (TPSA) is 68.3 Å². The van der Waals surface area contributed by atoms with Gasteiger partial charge in [0.15, 0.2) is 0 Å². The van der Waals surface area contributed by atoms with E-state index >= 15 is 0 Å². The molecule has 0 amide bonds. The Morgan fingerprint density at radius 3 is 2.59 bits per heavy atom. The molecule has 6 nitrogen and oxygen atoms in total. The fraction of sp³-hybridized carbons (Fsp3) is 0.636. The average Bonchev–Trinajstić information content (AvgIpc) is 2.89. The first-order valence-corrected chi connectivity index (χ1v) is 5.76. The number of hydrogen-bond donors (Lipinski definition) is 2. The van der Waals surface area contributed by atoms with Crippen LogP contribution in [0.4, 0.5) is 5.95 Å². The smallest absolute Gasteiger partial charge is 0.229 e. The molecule has 0 aromatic carbocycles. The number of hydrogen-bond acceptors (Lipinski definition) is 6. The SMILES string of the molecule is COc1cc(OC)nc(NCC2CCCN2)n1. The summed E-state index contributed by atoms with van der Waals surface area (Å²) in [5.74, 6) is 1.53. The molecule has 1 unspecified atom stereocenters. The second kappa shape index (κ2) is 5.67. The van der Waals surface area contributed by atoms with Crippen molar-refractivity contribution in [2.45, 2.75) is 18.9 Å². The zero-order valence-corrected chi connectivity index (χ0v) is 10.2. The highest BCUT2D eigenvalue weighted by atomic mass is 16.5.